The Morgan fingerprint density at radius 2 is 1.94 bits per heavy atom. The smallest absolute Gasteiger partial charge is 0.341 e. The Hall–Kier alpha value is -3.42. The highest BCUT2D eigenvalue weighted by Crippen LogP contribution is 2.38. The number of carbonyl (C=O) groups is 2. The largest absolute Gasteiger partial charge is 0.462 e. The van der Waals surface area contributed by atoms with Gasteiger partial charge in [0, 0.05) is 35.5 Å². The second-order valence-electron chi connectivity index (χ2n) is 8.88. The second kappa shape index (κ2) is 9.68. The molecule has 7 heteroatoms. The third kappa shape index (κ3) is 4.61. The molecule has 0 radical (unpaired) electrons. The molecule has 1 aliphatic heterocycles. The molecule has 0 aliphatic carbocycles. The van der Waals surface area contributed by atoms with E-state index in [9.17, 15) is 9.59 Å². The van der Waals surface area contributed by atoms with E-state index in [0.29, 0.717) is 16.1 Å². The fraction of sp³-hybridized carbons (Fsp3) is 0.286. The summed E-state index contributed by atoms with van der Waals surface area (Å²) < 4.78 is 11.3. The Morgan fingerprint density at radius 3 is 2.71 bits per heavy atom. The zero-order valence-corrected chi connectivity index (χ0v) is 21.0. The van der Waals surface area contributed by atoms with E-state index in [4.69, 9.17) is 9.15 Å². The number of nitrogens with zero attached hydrogens (tertiary/aromatic N) is 1. The van der Waals surface area contributed by atoms with E-state index in [0.717, 1.165) is 53.0 Å². The number of thiophene rings is 1. The van der Waals surface area contributed by atoms with Crippen molar-refractivity contribution in [3.8, 4) is 0 Å². The maximum absolute atomic E-state index is 13.3. The molecule has 0 unspecified atom stereocenters. The van der Waals surface area contributed by atoms with E-state index in [-0.39, 0.29) is 18.3 Å². The van der Waals surface area contributed by atoms with E-state index in [1.54, 1.807) is 6.92 Å². The fourth-order valence-corrected chi connectivity index (χ4v) is 5.92. The van der Waals surface area contributed by atoms with Gasteiger partial charge in [-0.3, -0.25) is 9.69 Å². The minimum atomic E-state index is -0.395. The van der Waals surface area contributed by atoms with Crippen molar-refractivity contribution >= 4 is 39.2 Å². The van der Waals surface area contributed by atoms with E-state index in [2.05, 4.69) is 22.3 Å². The lowest BCUT2D eigenvalue weighted by molar-refractivity contribution is 0.0526. The normalized spacial score (nSPS) is 13.6. The molecule has 1 amide bonds. The van der Waals surface area contributed by atoms with E-state index in [1.165, 1.54) is 16.9 Å². The van der Waals surface area contributed by atoms with Crippen LogP contribution in [0.3, 0.4) is 0 Å². The van der Waals surface area contributed by atoms with Gasteiger partial charge in [-0.2, -0.15) is 0 Å². The molecule has 1 N–H and O–H groups in total. The quantitative estimate of drug-likeness (QED) is 0.332. The number of aryl methyl sites for hydroxylation is 2. The minimum absolute atomic E-state index is 0.262. The first-order chi connectivity index (χ1) is 16.9. The molecule has 3 heterocycles. The zero-order chi connectivity index (χ0) is 24.5. The van der Waals surface area contributed by atoms with Gasteiger partial charge >= 0.3 is 5.97 Å². The lowest BCUT2D eigenvalue weighted by Crippen LogP contribution is -2.29. The van der Waals surface area contributed by atoms with Crippen LogP contribution in [0.4, 0.5) is 5.00 Å². The highest BCUT2D eigenvalue weighted by Gasteiger charge is 2.30. The van der Waals surface area contributed by atoms with Crippen molar-refractivity contribution in [3.63, 3.8) is 0 Å². The van der Waals surface area contributed by atoms with Gasteiger partial charge < -0.3 is 14.5 Å². The lowest BCUT2D eigenvalue weighted by atomic mass is 10.0. The third-order valence-corrected chi connectivity index (χ3v) is 7.52. The molecule has 6 nitrogen and oxygen atoms in total. The van der Waals surface area contributed by atoms with Crippen molar-refractivity contribution in [2.75, 3.05) is 18.5 Å². The number of furan rings is 1. The molecule has 0 fully saturated rings. The van der Waals surface area contributed by atoms with Crippen molar-refractivity contribution in [2.45, 2.75) is 40.3 Å². The molecule has 0 bridgehead atoms. The summed E-state index contributed by atoms with van der Waals surface area (Å²) in [5.74, 6) is -0.493. The number of esters is 1. The zero-order valence-electron chi connectivity index (χ0n) is 20.1. The highest BCUT2D eigenvalue weighted by molar-refractivity contribution is 7.17. The fourth-order valence-electron chi connectivity index (χ4n) is 4.65. The predicted octanol–water partition coefficient (Wildman–Crippen LogP) is 6.10. The van der Waals surface area contributed by atoms with Crippen LogP contribution in [0.25, 0.3) is 11.0 Å². The number of fused-ring (bicyclic) bond motifs is 2. The van der Waals surface area contributed by atoms with Crippen LogP contribution in [0.5, 0.6) is 0 Å². The van der Waals surface area contributed by atoms with Gasteiger partial charge in [0.25, 0.3) is 5.91 Å². The molecule has 1 aliphatic rings. The summed E-state index contributed by atoms with van der Waals surface area (Å²) in [5.41, 5.74) is 5.26. The van der Waals surface area contributed by atoms with Crippen LogP contribution in [0.1, 0.15) is 55.0 Å². The van der Waals surface area contributed by atoms with Crippen LogP contribution >= 0.6 is 11.3 Å². The van der Waals surface area contributed by atoms with Gasteiger partial charge in [-0.1, -0.05) is 42.0 Å². The van der Waals surface area contributed by atoms with Crippen LogP contribution in [-0.2, 0) is 24.2 Å². The molecule has 5 rings (SSSR count). The van der Waals surface area contributed by atoms with Crippen LogP contribution < -0.4 is 5.32 Å². The van der Waals surface area contributed by atoms with Gasteiger partial charge in [-0.25, -0.2) is 4.79 Å². The summed E-state index contributed by atoms with van der Waals surface area (Å²) in [4.78, 5) is 29.7. The van der Waals surface area contributed by atoms with Crippen molar-refractivity contribution in [3.05, 3.63) is 87.0 Å². The van der Waals surface area contributed by atoms with Crippen LogP contribution in [0.15, 0.2) is 52.9 Å². The number of hydrogen-bond acceptors (Lipinski definition) is 6. The Labute approximate surface area is 208 Å². The molecule has 0 spiro atoms. The van der Waals surface area contributed by atoms with Crippen LogP contribution in [0, 0.1) is 13.8 Å². The molecular formula is C28H28N2O4S. The predicted molar refractivity (Wildman–Crippen MR) is 138 cm³/mol. The van der Waals surface area contributed by atoms with Crippen LogP contribution in [-0.4, -0.2) is 29.9 Å². The monoisotopic (exact) mass is 488 g/mol. The number of rotatable bonds is 6. The van der Waals surface area contributed by atoms with Gasteiger partial charge in [0.05, 0.1) is 12.2 Å². The summed E-state index contributed by atoms with van der Waals surface area (Å²) in [6.07, 6.45) is 0.728. The summed E-state index contributed by atoms with van der Waals surface area (Å²) in [6, 6.07) is 16.2. The SMILES string of the molecule is CCOC(=O)c1c(NC(=O)c2oc3ccc(C)cc3c2C)sc2c1CCN(Cc1ccccc1)C2. The summed E-state index contributed by atoms with van der Waals surface area (Å²) >= 11 is 1.45. The Morgan fingerprint density at radius 1 is 1.14 bits per heavy atom. The standard InChI is InChI=1S/C28H28N2O4S/c1-4-33-28(32)24-20-12-13-30(15-19-8-6-5-7-9-19)16-23(20)35-27(24)29-26(31)25-18(3)21-14-17(2)10-11-22(21)34-25/h5-11,14H,4,12-13,15-16H2,1-3H3,(H,29,31). The van der Waals surface area contributed by atoms with E-state index < -0.39 is 5.97 Å². The van der Waals surface area contributed by atoms with Crippen molar-refractivity contribution < 1.29 is 18.7 Å². The summed E-state index contributed by atoms with van der Waals surface area (Å²) in [5, 5.41) is 4.41. The molecule has 2 aromatic carbocycles. The topological polar surface area (TPSA) is 71.8 Å². The first-order valence-electron chi connectivity index (χ1n) is 11.8. The number of hydrogen-bond donors (Lipinski definition) is 1. The second-order valence-corrected chi connectivity index (χ2v) is 9.99. The van der Waals surface area contributed by atoms with Gasteiger partial charge in [0.1, 0.15) is 10.6 Å². The number of nitrogens with one attached hydrogen (secondary N) is 1. The molecule has 0 saturated heterocycles. The number of benzene rings is 2. The van der Waals surface area contributed by atoms with Gasteiger partial charge in [0.2, 0.25) is 0 Å². The van der Waals surface area contributed by atoms with Crippen LogP contribution in [0.2, 0.25) is 0 Å². The van der Waals surface area contributed by atoms with Gasteiger partial charge in [-0.15, -0.1) is 11.3 Å². The van der Waals surface area contributed by atoms with Crippen molar-refractivity contribution in [2.24, 2.45) is 0 Å². The van der Waals surface area contributed by atoms with E-state index in [1.807, 2.05) is 50.2 Å². The Bertz CT molecular complexity index is 1400. The van der Waals surface area contributed by atoms with Crippen molar-refractivity contribution in [1.82, 2.24) is 4.90 Å². The highest BCUT2D eigenvalue weighted by atomic mass is 32.1. The summed E-state index contributed by atoms with van der Waals surface area (Å²) in [7, 11) is 0. The molecule has 35 heavy (non-hydrogen) atoms. The molecule has 2 aromatic heterocycles. The third-order valence-electron chi connectivity index (χ3n) is 6.39. The molecule has 180 valence electrons. The Kier molecular flexibility index (Phi) is 6.45. The van der Waals surface area contributed by atoms with Crippen molar-refractivity contribution in [1.29, 1.82) is 0 Å². The first kappa shape index (κ1) is 23.3. The number of carbonyl (C=O) groups excluding carboxylic acids is 2. The molecule has 4 aromatic rings. The summed E-state index contributed by atoms with van der Waals surface area (Å²) in [6.45, 7) is 8.35. The minimum Gasteiger partial charge on any atom is -0.462 e. The van der Waals surface area contributed by atoms with E-state index >= 15 is 0 Å². The molecule has 0 atom stereocenters. The number of ether oxygens (including phenoxy) is 1. The molecule has 0 saturated carbocycles. The average molecular weight is 489 g/mol. The number of amides is 1. The first-order valence-corrected chi connectivity index (χ1v) is 12.6. The van der Waals surface area contributed by atoms with Gasteiger partial charge in [0.15, 0.2) is 5.76 Å². The maximum atomic E-state index is 13.3. The average Bonchev–Trinajstić information content (AvgIpc) is 3.36. The Balaban J connectivity index is 1.44. The van der Waals surface area contributed by atoms with Gasteiger partial charge in [-0.05, 0) is 50.5 Å². The molecular weight excluding hydrogens is 460 g/mol. The number of anilines is 1. The lowest BCUT2D eigenvalue weighted by Gasteiger charge is -2.27. The maximum Gasteiger partial charge on any atom is 0.341 e.